The van der Waals surface area contributed by atoms with E-state index >= 15 is 0 Å². The Balaban J connectivity index is 0.962. The summed E-state index contributed by atoms with van der Waals surface area (Å²) >= 11 is 0. The minimum absolute atomic E-state index is 0.0547. The molecule has 0 aromatic heterocycles. The third kappa shape index (κ3) is 20.6. The molecule has 0 saturated heterocycles. The lowest BCUT2D eigenvalue weighted by molar-refractivity contribution is -0.384. The number of rotatable bonds is 31. The van der Waals surface area contributed by atoms with E-state index in [2.05, 4.69) is 23.8 Å². The van der Waals surface area contributed by atoms with Crippen molar-refractivity contribution >= 4 is 52.9 Å². The number of nitro benzene ring substituents is 1. The lowest BCUT2D eigenvalue weighted by Gasteiger charge is -2.26. The first-order valence-corrected chi connectivity index (χ1v) is 27.1. The monoisotopic (exact) mass is 1100 g/mol. The first kappa shape index (κ1) is 60.5. The Morgan fingerprint density at radius 3 is 1.30 bits per heavy atom. The molecule has 4 aromatic carbocycles. The van der Waals surface area contributed by atoms with Gasteiger partial charge in [-0.25, -0.2) is 9.59 Å². The molecule has 0 aliphatic heterocycles. The number of nitro groups is 1. The van der Waals surface area contributed by atoms with Crippen LogP contribution in [-0.2, 0) is 38.2 Å². The maximum absolute atomic E-state index is 13.7. The smallest absolute Gasteiger partial charge is 0.330 e. The average molecular weight is 1100 g/mol. The van der Waals surface area contributed by atoms with Crippen LogP contribution in [0.5, 0.6) is 34.5 Å². The standard InChI is InChI=1S/C60H70N4O16/c1-3-55(65)75-37-11-7-5-9-35-73-47-25-29-49(30-26-47)77-57(67)41-13-15-43(16-14-41)59(69)79-51-33-34-53(52(39-51)63-54(61)40-62-45-21-23-46(24-22-45)64(71)72)80-60(70)44-19-17-42(18-20-44)58(68)78-50-31-27-48(28-32-50)74-36-10-6-8-12-38-76-56(66)4-2/h3-4,21-34,39-44,62-63H,1-2,5-20,35-38,61H2/b54-40+. The number of carbonyl (C=O) groups is 6. The molecule has 2 saturated carbocycles. The predicted octanol–water partition coefficient (Wildman–Crippen LogP) is 10.8. The SMILES string of the molecule is C=CC(=O)OCCCCCCOc1ccc(OC(=O)C2CCC(C(=O)Oc3ccc(OC(=O)C4CCC(C(=O)Oc5ccc(OCCCCCCOC(=O)C=C)cc5)CC4)c(N/C(N)=C/Nc4ccc([N+](=O)[O-])cc4)c3)CC2)cc1. The fourth-order valence-electron chi connectivity index (χ4n) is 8.88. The highest BCUT2D eigenvalue weighted by molar-refractivity contribution is 5.82. The fourth-order valence-corrected chi connectivity index (χ4v) is 8.88. The molecule has 2 aliphatic carbocycles. The molecule has 0 amide bonds. The molecule has 0 unspecified atom stereocenters. The van der Waals surface area contributed by atoms with E-state index in [9.17, 15) is 38.9 Å². The maximum Gasteiger partial charge on any atom is 0.330 e. The number of nitrogens with two attached hydrogens (primary N) is 1. The quantitative estimate of drug-likeness (QED) is 0.0106. The van der Waals surface area contributed by atoms with Gasteiger partial charge in [0.25, 0.3) is 5.69 Å². The van der Waals surface area contributed by atoms with Crippen molar-refractivity contribution in [3.8, 4) is 34.5 Å². The van der Waals surface area contributed by atoms with Crippen LogP contribution in [0.15, 0.2) is 128 Å². The third-order valence-electron chi connectivity index (χ3n) is 13.4. The molecule has 6 rings (SSSR count). The van der Waals surface area contributed by atoms with Crippen LogP contribution in [0.4, 0.5) is 17.1 Å². The Bertz CT molecular complexity index is 2750. The molecule has 0 heterocycles. The van der Waals surface area contributed by atoms with E-state index in [-0.39, 0.29) is 34.7 Å². The second kappa shape index (κ2) is 32.3. The van der Waals surface area contributed by atoms with Crippen molar-refractivity contribution in [1.82, 2.24) is 0 Å². The van der Waals surface area contributed by atoms with Crippen molar-refractivity contribution in [2.24, 2.45) is 29.4 Å². The molecule has 2 fully saturated rings. The summed E-state index contributed by atoms with van der Waals surface area (Å²) in [6, 6.07) is 23.8. The molecule has 20 heteroatoms. The van der Waals surface area contributed by atoms with Crippen LogP contribution in [0.25, 0.3) is 0 Å². The predicted molar refractivity (Wildman–Crippen MR) is 296 cm³/mol. The van der Waals surface area contributed by atoms with Crippen molar-refractivity contribution in [2.45, 2.75) is 103 Å². The molecule has 2 aliphatic rings. The van der Waals surface area contributed by atoms with E-state index in [1.165, 1.54) is 48.7 Å². The van der Waals surface area contributed by atoms with E-state index in [0.717, 1.165) is 63.5 Å². The van der Waals surface area contributed by atoms with Crippen LogP contribution in [0.1, 0.15) is 103 Å². The minimum atomic E-state index is -0.526. The van der Waals surface area contributed by atoms with Gasteiger partial charge in [-0.2, -0.15) is 0 Å². The molecular weight excluding hydrogens is 1030 g/mol. The molecule has 0 bridgehead atoms. The number of ether oxygens (including phenoxy) is 8. The summed E-state index contributed by atoms with van der Waals surface area (Å²) < 4.78 is 44.7. The van der Waals surface area contributed by atoms with Crippen LogP contribution >= 0.6 is 0 Å². The van der Waals surface area contributed by atoms with Crippen molar-refractivity contribution in [3.63, 3.8) is 0 Å². The van der Waals surface area contributed by atoms with Crippen LogP contribution in [0.3, 0.4) is 0 Å². The lowest BCUT2D eigenvalue weighted by Crippen LogP contribution is -2.30. The number of nitrogens with one attached hydrogen (secondary N) is 2. The highest BCUT2D eigenvalue weighted by Crippen LogP contribution is 2.37. The van der Waals surface area contributed by atoms with Crippen LogP contribution in [0, 0.1) is 33.8 Å². The summed E-state index contributed by atoms with van der Waals surface area (Å²) in [6.45, 7) is 8.50. The highest BCUT2D eigenvalue weighted by atomic mass is 16.6. The summed E-state index contributed by atoms with van der Waals surface area (Å²) in [5.41, 5.74) is 6.97. The van der Waals surface area contributed by atoms with Gasteiger partial charge in [-0.15, -0.1) is 0 Å². The summed E-state index contributed by atoms with van der Waals surface area (Å²) in [6.07, 6.45) is 13.7. The average Bonchev–Trinajstić information content (AvgIpc) is 3.47. The van der Waals surface area contributed by atoms with Crippen molar-refractivity contribution in [1.29, 1.82) is 0 Å². The van der Waals surface area contributed by atoms with Gasteiger partial charge < -0.3 is 54.3 Å². The topological polar surface area (TPSA) is 269 Å². The zero-order chi connectivity index (χ0) is 57.1. The second-order valence-electron chi connectivity index (χ2n) is 19.3. The number of carbonyl (C=O) groups excluding carboxylic acids is 6. The van der Waals surface area contributed by atoms with Gasteiger partial charge >= 0.3 is 35.8 Å². The van der Waals surface area contributed by atoms with Gasteiger partial charge in [-0.3, -0.25) is 29.3 Å². The van der Waals surface area contributed by atoms with E-state index in [1.54, 1.807) is 48.5 Å². The van der Waals surface area contributed by atoms with Gasteiger partial charge in [-0.05, 0) is 176 Å². The largest absolute Gasteiger partial charge is 0.494 e. The Morgan fingerprint density at radius 1 is 0.512 bits per heavy atom. The first-order chi connectivity index (χ1) is 38.8. The van der Waals surface area contributed by atoms with Crippen LogP contribution < -0.4 is 44.8 Å². The number of esters is 6. The zero-order valence-electron chi connectivity index (χ0n) is 44.8. The molecule has 4 N–H and O–H groups in total. The molecule has 20 nitrogen and oxygen atoms in total. The van der Waals surface area contributed by atoms with Gasteiger partial charge in [0, 0.05) is 42.2 Å². The van der Waals surface area contributed by atoms with Gasteiger partial charge in [0.05, 0.1) is 60.7 Å². The Morgan fingerprint density at radius 2 is 0.887 bits per heavy atom. The molecule has 0 spiro atoms. The van der Waals surface area contributed by atoms with Crippen LogP contribution in [-0.4, -0.2) is 67.2 Å². The second-order valence-corrected chi connectivity index (χ2v) is 19.3. The van der Waals surface area contributed by atoms with Crippen LogP contribution in [0.2, 0.25) is 0 Å². The Labute approximate surface area is 465 Å². The number of benzene rings is 4. The normalized spacial score (nSPS) is 16.8. The number of hydrogen-bond donors (Lipinski definition) is 3. The number of non-ortho nitro benzene ring substituents is 1. The van der Waals surface area contributed by atoms with Gasteiger partial charge in [0.1, 0.15) is 34.6 Å². The molecule has 4 aromatic rings. The molecule has 426 valence electrons. The molecule has 0 radical (unpaired) electrons. The molecular formula is C60H70N4O16. The van der Waals surface area contributed by atoms with Gasteiger partial charge in [-0.1, -0.05) is 13.2 Å². The number of hydrogen-bond acceptors (Lipinski definition) is 19. The third-order valence-corrected chi connectivity index (χ3v) is 13.4. The van der Waals surface area contributed by atoms with E-state index in [4.69, 9.17) is 43.6 Å². The van der Waals surface area contributed by atoms with Crippen molar-refractivity contribution < 1.29 is 71.6 Å². The van der Waals surface area contributed by atoms with E-state index in [1.807, 2.05) is 0 Å². The summed E-state index contributed by atoms with van der Waals surface area (Å²) in [5.74, 6) is -2.18. The first-order valence-electron chi connectivity index (χ1n) is 27.1. The fraction of sp³-hybridized carbons (Fsp3) is 0.400. The lowest BCUT2D eigenvalue weighted by atomic mass is 9.82. The number of unbranched alkanes of at least 4 members (excludes halogenated alkanes) is 6. The summed E-state index contributed by atoms with van der Waals surface area (Å²) in [5, 5.41) is 17.1. The molecule has 0 atom stereocenters. The Kier molecular flexibility index (Phi) is 24.4. The Hall–Kier alpha value is -8.68. The maximum atomic E-state index is 13.7. The van der Waals surface area contributed by atoms with E-state index in [0.29, 0.717) is 106 Å². The molecule has 80 heavy (non-hydrogen) atoms. The number of anilines is 2. The highest BCUT2D eigenvalue weighted by Gasteiger charge is 2.34. The summed E-state index contributed by atoms with van der Waals surface area (Å²) in [7, 11) is 0. The van der Waals surface area contributed by atoms with Crippen molar-refractivity contribution in [3.05, 3.63) is 138 Å². The number of nitrogens with zero attached hydrogens (tertiary/aromatic N) is 1. The van der Waals surface area contributed by atoms with E-state index < -0.39 is 58.4 Å². The summed E-state index contributed by atoms with van der Waals surface area (Å²) in [4.78, 5) is 86.5. The minimum Gasteiger partial charge on any atom is -0.494 e. The van der Waals surface area contributed by atoms with Crippen molar-refractivity contribution in [2.75, 3.05) is 37.1 Å². The van der Waals surface area contributed by atoms with Gasteiger partial charge in [0.15, 0.2) is 5.75 Å². The zero-order valence-corrected chi connectivity index (χ0v) is 44.8. The van der Waals surface area contributed by atoms with Gasteiger partial charge in [0.2, 0.25) is 0 Å².